The van der Waals surface area contributed by atoms with E-state index in [4.69, 9.17) is 14.2 Å². The molecular formula is C22H30N4O4. The zero-order valence-corrected chi connectivity index (χ0v) is 18.2. The van der Waals surface area contributed by atoms with E-state index >= 15 is 0 Å². The van der Waals surface area contributed by atoms with Crippen LogP contribution in [0.5, 0.6) is 17.2 Å². The number of hydrogen-bond acceptors (Lipinski definition) is 5. The van der Waals surface area contributed by atoms with Gasteiger partial charge < -0.3 is 29.7 Å². The summed E-state index contributed by atoms with van der Waals surface area (Å²) >= 11 is 0. The van der Waals surface area contributed by atoms with Gasteiger partial charge in [-0.3, -0.25) is 9.79 Å². The summed E-state index contributed by atoms with van der Waals surface area (Å²) in [6.07, 6.45) is 0. The number of guanidine groups is 1. The molecule has 0 radical (unpaired) electrons. The molecule has 8 nitrogen and oxygen atoms in total. The SMILES string of the molecule is CN=C(NCc1cccc(OCC(=O)N(C)C)c1)NCc1ccc(OC)c(OC)c1. The van der Waals surface area contributed by atoms with Gasteiger partial charge in [-0.25, -0.2) is 0 Å². The first-order chi connectivity index (χ1) is 14.5. The molecule has 0 spiro atoms. The van der Waals surface area contributed by atoms with Gasteiger partial charge in [0.2, 0.25) is 0 Å². The minimum Gasteiger partial charge on any atom is -0.493 e. The molecule has 2 rings (SSSR count). The van der Waals surface area contributed by atoms with Crippen LogP contribution < -0.4 is 24.8 Å². The topological polar surface area (TPSA) is 84.4 Å². The summed E-state index contributed by atoms with van der Waals surface area (Å²) in [6, 6.07) is 13.4. The number of hydrogen-bond donors (Lipinski definition) is 2. The van der Waals surface area contributed by atoms with E-state index in [1.54, 1.807) is 35.4 Å². The van der Waals surface area contributed by atoms with Gasteiger partial charge in [0.15, 0.2) is 24.1 Å². The molecule has 0 bridgehead atoms. The van der Waals surface area contributed by atoms with Crippen molar-refractivity contribution in [3.8, 4) is 17.2 Å². The Morgan fingerprint density at radius 2 is 1.63 bits per heavy atom. The second-order valence-electron chi connectivity index (χ2n) is 6.69. The average Bonchev–Trinajstić information content (AvgIpc) is 2.77. The minimum atomic E-state index is -0.0849. The van der Waals surface area contributed by atoms with E-state index in [9.17, 15) is 4.79 Å². The Balaban J connectivity index is 1.88. The van der Waals surface area contributed by atoms with E-state index in [-0.39, 0.29) is 12.5 Å². The smallest absolute Gasteiger partial charge is 0.259 e. The zero-order valence-electron chi connectivity index (χ0n) is 18.2. The Morgan fingerprint density at radius 3 is 2.23 bits per heavy atom. The highest BCUT2D eigenvalue weighted by Gasteiger charge is 2.07. The van der Waals surface area contributed by atoms with Gasteiger partial charge in [0, 0.05) is 34.2 Å². The Bertz CT molecular complexity index is 868. The molecule has 1 amide bonds. The number of benzene rings is 2. The summed E-state index contributed by atoms with van der Waals surface area (Å²) in [5, 5.41) is 6.54. The van der Waals surface area contributed by atoms with Crippen molar-refractivity contribution in [1.82, 2.24) is 15.5 Å². The van der Waals surface area contributed by atoms with Crippen LogP contribution in [-0.4, -0.2) is 58.7 Å². The van der Waals surface area contributed by atoms with Crippen molar-refractivity contribution in [2.24, 2.45) is 4.99 Å². The standard InChI is InChI=1S/C22H30N4O4/c1-23-22(25-14-17-9-10-19(28-4)20(12-17)29-5)24-13-16-7-6-8-18(11-16)30-15-21(27)26(2)3/h6-12H,13-15H2,1-5H3,(H2,23,24,25). The van der Waals surface area contributed by atoms with Crippen LogP contribution in [0.2, 0.25) is 0 Å². The van der Waals surface area contributed by atoms with Crippen LogP contribution in [0.25, 0.3) is 0 Å². The molecular weight excluding hydrogens is 384 g/mol. The molecule has 2 aromatic carbocycles. The fourth-order valence-electron chi connectivity index (χ4n) is 2.60. The maximum absolute atomic E-state index is 11.7. The van der Waals surface area contributed by atoms with E-state index < -0.39 is 0 Å². The second-order valence-corrected chi connectivity index (χ2v) is 6.69. The largest absolute Gasteiger partial charge is 0.493 e. The Kier molecular flexibility index (Phi) is 8.80. The monoisotopic (exact) mass is 414 g/mol. The Morgan fingerprint density at radius 1 is 0.967 bits per heavy atom. The summed E-state index contributed by atoms with van der Waals surface area (Å²) in [6.45, 7) is 1.15. The lowest BCUT2D eigenvalue weighted by molar-refractivity contribution is -0.130. The number of carbonyl (C=O) groups excluding carboxylic acids is 1. The van der Waals surface area contributed by atoms with Crippen molar-refractivity contribution in [3.63, 3.8) is 0 Å². The second kappa shape index (κ2) is 11.5. The van der Waals surface area contributed by atoms with Crippen LogP contribution in [0.3, 0.4) is 0 Å². The highest BCUT2D eigenvalue weighted by molar-refractivity contribution is 5.79. The third-order valence-electron chi connectivity index (χ3n) is 4.35. The van der Waals surface area contributed by atoms with E-state index in [1.807, 2.05) is 42.5 Å². The molecule has 0 aliphatic carbocycles. The van der Waals surface area contributed by atoms with E-state index in [2.05, 4.69) is 15.6 Å². The fourth-order valence-corrected chi connectivity index (χ4v) is 2.60. The Hall–Kier alpha value is -3.42. The van der Waals surface area contributed by atoms with Gasteiger partial charge in [-0.2, -0.15) is 0 Å². The van der Waals surface area contributed by atoms with Gasteiger partial charge in [0.1, 0.15) is 5.75 Å². The highest BCUT2D eigenvalue weighted by atomic mass is 16.5. The number of nitrogens with one attached hydrogen (secondary N) is 2. The van der Waals surface area contributed by atoms with Crippen molar-refractivity contribution in [2.45, 2.75) is 13.1 Å². The normalized spacial score (nSPS) is 10.9. The number of carbonyl (C=O) groups is 1. The van der Waals surface area contributed by atoms with Gasteiger partial charge in [0.25, 0.3) is 5.91 Å². The van der Waals surface area contributed by atoms with Crippen molar-refractivity contribution >= 4 is 11.9 Å². The number of nitrogens with zero attached hydrogens (tertiary/aromatic N) is 2. The molecule has 8 heteroatoms. The maximum atomic E-state index is 11.7. The molecule has 2 aromatic rings. The molecule has 2 N–H and O–H groups in total. The quantitative estimate of drug-likeness (QED) is 0.483. The van der Waals surface area contributed by atoms with Crippen molar-refractivity contribution in [2.75, 3.05) is 42.0 Å². The summed E-state index contributed by atoms with van der Waals surface area (Å²) in [5.74, 6) is 2.61. The molecule has 0 heterocycles. The zero-order chi connectivity index (χ0) is 21.9. The number of amides is 1. The predicted molar refractivity (Wildman–Crippen MR) is 117 cm³/mol. The van der Waals surface area contributed by atoms with Crippen molar-refractivity contribution in [1.29, 1.82) is 0 Å². The van der Waals surface area contributed by atoms with Gasteiger partial charge in [-0.15, -0.1) is 0 Å². The van der Waals surface area contributed by atoms with Crippen LogP contribution in [-0.2, 0) is 17.9 Å². The first-order valence-corrected chi connectivity index (χ1v) is 9.54. The number of likely N-dealkylation sites (N-methyl/N-ethyl adjacent to an activating group) is 1. The molecule has 0 unspecified atom stereocenters. The molecule has 0 aromatic heterocycles. The summed E-state index contributed by atoms with van der Waals surface area (Å²) in [4.78, 5) is 17.4. The third kappa shape index (κ3) is 6.88. The van der Waals surface area contributed by atoms with Crippen LogP contribution >= 0.6 is 0 Å². The lowest BCUT2D eigenvalue weighted by atomic mass is 10.2. The number of aliphatic imine (C=N–C) groups is 1. The summed E-state index contributed by atoms with van der Waals surface area (Å²) in [5.41, 5.74) is 2.05. The first kappa shape index (κ1) is 22.9. The molecule has 162 valence electrons. The molecule has 0 saturated heterocycles. The van der Waals surface area contributed by atoms with Crippen LogP contribution in [0, 0.1) is 0 Å². The fraction of sp³-hybridized carbons (Fsp3) is 0.364. The summed E-state index contributed by atoms with van der Waals surface area (Å²) in [7, 11) is 8.35. The molecule has 0 atom stereocenters. The average molecular weight is 415 g/mol. The lowest BCUT2D eigenvalue weighted by Crippen LogP contribution is -2.36. The van der Waals surface area contributed by atoms with Crippen LogP contribution in [0.15, 0.2) is 47.5 Å². The molecule has 0 saturated carbocycles. The third-order valence-corrected chi connectivity index (χ3v) is 4.35. The van der Waals surface area contributed by atoms with E-state index in [1.165, 1.54) is 4.90 Å². The minimum absolute atomic E-state index is 0.0123. The van der Waals surface area contributed by atoms with Crippen molar-refractivity contribution in [3.05, 3.63) is 53.6 Å². The molecule has 30 heavy (non-hydrogen) atoms. The van der Waals surface area contributed by atoms with E-state index in [0.717, 1.165) is 11.1 Å². The number of methoxy groups -OCH3 is 2. The lowest BCUT2D eigenvalue weighted by Gasteiger charge is -2.14. The first-order valence-electron chi connectivity index (χ1n) is 9.54. The van der Waals surface area contributed by atoms with Crippen LogP contribution in [0.4, 0.5) is 0 Å². The van der Waals surface area contributed by atoms with Gasteiger partial charge in [-0.05, 0) is 35.4 Å². The molecule has 0 fully saturated rings. The van der Waals surface area contributed by atoms with Crippen LogP contribution in [0.1, 0.15) is 11.1 Å². The van der Waals surface area contributed by atoms with Gasteiger partial charge in [-0.1, -0.05) is 18.2 Å². The number of rotatable bonds is 9. The molecule has 0 aliphatic rings. The Labute approximate surface area is 177 Å². The highest BCUT2D eigenvalue weighted by Crippen LogP contribution is 2.27. The van der Waals surface area contributed by atoms with E-state index in [0.29, 0.717) is 36.3 Å². The number of ether oxygens (including phenoxy) is 3. The van der Waals surface area contributed by atoms with Gasteiger partial charge in [0.05, 0.1) is 14.2 Å². The maximum Gasteiger partial charge on any atom is 0.259 e. The van der Waals surface area contributed by atoms with Gasteiger partial charge >= 0.3 is 0 Å². The predicted octanol–water partition coefficient (Wildman–Crippen LogP) is 2.04. The molecule has 0 aliphatic heterocycles. The summed E-state index contributed by atoms with van der Waals surface area (Å²) < 4.78 is 16.2. The van der Waals surface area contributed by atoms with Crippen molar-refractivity contribution < 1.29 is 19.0 Å².